The summed E-state index contributed by atoms with van der Waals surface area (Å²) in [5.74, 6) is 0.124. The first-order chi connectivity index (χ1) is 10.7. The first-order valence-electron chi connectivity index (χ1n) is 8.09. The van der Waals surface area contributed by atoms with Crippen LogP contribution in [-0.2, 0) is 14.8 Å². The molecule has 128 valence electrons. The standard InChI is InChI=1S/C17H26N2O3S/c1-12(2)17(20)19-9-7-15(8-10-19)18-23(21,22)16-6-5-13(3)11-14(16)4/h5-6,11-12,15,18H,7-10H2,1-4H3. The molecule has 0 spiro atoms. The lowest BCUT2D eigenvalue weighted by atomic mass is 10.0. The summed E-state index contributed by atoms with van der Waals surface area (Å²) < 4.78 is 27.9. The normalized spacial score (nSPS) is 16.8. The molecule has 1 aliphatic rings. The van der Waals surface area contributed by atoms with Gasteiger partial charge in [0.1, 0.15) is 0 Å². The van der Waals surface area contributed by atoms with Crippen LogP contribution in [0.15, 0.2) is 23.1 Å². The van der Waals surface area contributed by atoms with E-state index < -0.39 is 10.0 Å². The number of piperidine rings is 1. The van der Waals surface area contributed by atoms with Gasteiger partial charge in [-0.2, -0.15) is 0 Å². The average molecular weight is 338 g/mol. The van der Waals surface area contributed by atoms with Crippen LogP contribution in [0, 0.1) is 19.8 Å². The minimum Gasteiger partial charge on any atom is -0.342 e. The lowest BCUT2D eigenvalue weighted by Crippen LogP contribution is -2.47. The summed E-state index contributed by atoms with van der Waals surface area (Å²) in [7, 11) is -3.51. The van der Waals surface area contributed by atoms with Crippen LogP contribution in [0.4, 0.5) is 0 Å². The van der Waals surface area contributed by atoms with Crippen molar-refractivity contribution in [2.24, 2.45) is 5.92 Å². The summed E-state index contributed by atoms with van der Waals surface area (Å²) in [6.45, 7) is 8.74. The molecule has 0 saturated carbocycles. The van der Waals surface area contributed by atoms with Crippen LogP contribution < -0.4 is 4.72 Å². The van der Waals surface area contributed by atoms with Crippen molar-refractivity contribution >= 4 is 15.9 Å². The number of amides is 1. The molecule has 1 amide bonds. The van der Waals surface area contributed by atoms with Crippen LogP contribution >= 0.6 is 0 Å². The molecule has 5 nitrogen and oxygen atoms in total. The second kappa shape index (κ2) is 7.01. The maximum Gasteiger partial charge on any atom is 0.241 e. The predicted octanol–water partition coefficient (Wildman–Crippen LogP) is 2.23. The van der Waals surface area contributed by atoms with E-state index in [2.05, 4.69) is 4.72 Å². The van der Waals surface area contributed by atoms with Crippen LogP contribution in [0.3, 0.4) is 0 Å². The van der Waals surface area contributed by atoms with Gasteiger partial charge in [-0.05, 0) is 38.3 Å². The lowest BCUT2D eigenvalue weighted by Gasteiger charge is -2.33. The molecule has 6 heteroatoms. The highest BCUT2D eigenvalue weighted by Crippen LogP contribution is 2.19. The minimum absolute atomic E-state index is 0.0153. The summed E-state index contributed by atoms with van der Waals surface area (Å²) in [6, 6.07) is 5.23. The van der Waals surface area contributed by atoms with Crippen LogP contribution in [0.1, 0.15) is 37.8 Å². The van der Waals surface area contributed by atoms with E-state index in [0.29, 0.717) is 30.8 Å². The van der Waals surface area contributed by atoms with Gasteiger partial charge >= 0.3 is 0 Å². The van der Waals surface area contributed by atoms with Gasteiger partial charge in [0.25, 0.3) is 0 Å². The van der Waals surface area contributed by atoms with Crippen LogP contribution in [0.25, 0.3) is 0 Å². The van der Waals surface area contributed by atoms with E-state index >= 15 is 0 Å². The zero-order valence-corrected chi connectivity index (χ0v) is 15.1. The number of aryl methyl sites for hydroxylation is 2. The molecule has 1 N–H and O–H groups in total. The molecule has 1 saturated heterocycles. The molecule has 0 bridgehead atoms. The van der Waals surface area contributed by atoms with E-state index in [1.54, 1.807) is 6.07 Å². The summed E-state index contributed by atoms with van der Waals surface area (Å²) >= 11 is 0. The highest BCUT2D eigenvalue weighted by molar-refractivity contribution is 7.89. The second-order valence-corrected chi connectivity index (χ2v) is 8.33. The molecule has 0 aromatic heterocycles. The fraction of sp³-hybridized carbons (Fsp3) is 0.588. The Morgan fingerprint density at radius 3 is 2.35 bits per heavy atom. The van der Waals surface area contributed by atoms with Gasteiger partial charge in [-0.1, -0.05) is 31.5 Å². The number of likely N-dealkylation sites (tertiary alicyclic amines) is 1. The molecule has 0 radical (unpaired) electrons. The number of benzene rings is 1. The Balaban J connectivity index is 2.01. The van der Waals surface area contributed by atoms with Gasteiger partial charge < -0.3 is 4.90 Å². The Morgan fingerprint density at radius 1 is 1.22 bits per heavy atom. The number of hydrogen-bond acceptors (Lipinski definition) is 3. The zero-order chi connectivity index (χ0) is 17.2. The maximum atomic E-state index is 12.6. The van der Waals surface area contributed by atoms with Gasteiger partial charge in [0.2, 0.25) is 15.9 Å². The Bertz CT molecular complexity index is 675. The lowest BCUT2D eigenvalue weighted by molar-refractivity contribution is -0.135. The molecule has 1 fully saturated rings. The quantitative estimate of drug-likeness (QED) is 0.915. The van der Waals surface area contributed by atoms with Gasteiger partial charge in [-0.3, -0.25) is 4.79 Å². The fourth-order valence-electron chi connectivity index (χ4n) is 2.97. The van der Waals surface area contributed by atoms with Crippen molar-refractivity contribution in [2.45, 2.75) is 51.5 Å². The van der Waals surface area contributed by atoms with Crippen molar-refractivity contribution in [3.05, 3.63) is 29.3 Å². The summed E-state index contributed by atoms with van der Waals surface area (Å²) in [5, 5.41) is 0. The largest absolute Gasteiger partial charge is 0.342 e. The van der Waals surface area contributed by atoms with E-state index in [9.17, 15) is 13.2 Å². The Labute approximate surface area is 139 Å². The predicted molar refractivity (Wildman–Crippen MR) is 90.7 cm³/mol. The first kappa shape index (κ1) is 17.9. The molecule has 1 aromatic carbocycles. The highest BCUT2D eigenvalue weighted by atomic mass is 32.2. The zero-order valence-electron chi connectivity index (χ0n) is 14.3. The Hall–Kier alpha value is -1.40. The monoisotopic (exact) mass is 338 g/mol. The molecule has 0 atom stereocenters. The van der Waals surface area contributed by atoms with E-state index in [1.165, 1.54) is 0 Å². The maximum absolute atomic E-state index is 12.6. The second-order valence-electron chi connectivity index (χ2n) is 6.64. The van der Waals surface area contributed by atoms with E-state index in [-0.39, 0.29) is 17.9 Å². The van der Waals surface area contributed by atoms with E-state index in [4.69, 9.17) is 0 Å². The first-order valence-corrected chi connectivity index (χ1v) is 9.57. The van der Waals surface area contributed by atoms with Crippen molar-refractivity contribution < 1.29 is 13.2 Å². The van der Waals surface area contributed by atoms with Crippen LogP contribution in [0.2, 0.25) is 0 Å². The summed E-state index contributed by atoms with van der Waals surface area (Å²) in [5.41, 5.74) is 1.80. The summed E-state index contributed by atoms with van der Waals surface area (Å²) in [4.78, 5) is 14.1. The molecular formula is C17H26N2O3S. The average Bonchev–Trinajstić information content (AvgIpc) is 2.46. The minimum atomic E-state index is -3.51. The van der Waals surface area contributed by atoms with Gasteiger partial charge in [-0.25, -0.2) is 13.1 Å². The molecule has 1 aromatic rings. The third kappa shape index (κ3) is 4.32. The van der Waals surface area contributed by atoms with Crippen LogP contribution in [-0.4, -0.2) is 38.4 Å². The molecule has 0 aliphatic carbocycles. The molecular weight excluding hydrogens is 312 g/mol. The van der Waals surface area contributed by atoms with E-state index in [0.717, 1.165) is 11.1 Å². The Morgan fingerprint density at radius 2 is 1.83 bits per heavy atom. The topological polar surface area (TPSA) is 66.5 Å². The number of nitrogens with zero attached hydrogens (tertiary/aromatic N) is 1. The number of nitrogens with one attached hydrogen (secondary N) is 1. The van der Waals surface area contributed by atoms with Gasteiger partial charge in [0, 0.05) is 25.0 Å². The third-order valence-corrected chi connectivity index (χ3v) is 5.92. The Kier molecular flexibility index (Phi) is 5.47. The number of carbonyl (C=O) groups excluding carboxylic acids is 1. The number of sulfonamides is 1. The van der Waals surface area contributed by atoms with Crippen molar-refractivity contribution in [1.29, 1.82) is 0 Å². The molecule has 0 unspecified atom stereocenters. The van der Waals surface area contributed by atoms with Gasteiger partial charge in [-0.15, -0.1) is 0 Å². The van der Waals surface area contributed by atoms with Crippen molar-refractivity contribution in [2.75, 3.05) is 13.1 Å². The fourth-order valence-corrected chi connectivity index (χ4v) is 4.50. The SMILES string of the molecule is Cc1ccc(S(=O)(=O)NC2CCN(C(=O)C(C)C)CC2)c(C)c1. The number of rotatable bonds is 4. The van der Waals surface area contributed by atoms with Crippen molar-refractivity contribution in [3.63, 3.8) is 0 Å². The molecule has 1 heterocycles. The van der Waals surface area contributed by atoms with Crippen molar-refractivity contribution in [1.82, 2.24) is 9.62 Å². The van der Waals surface area contributed by atoms with Crippen molar-refractivity contribution in [3.8, 4) is 0 Å². The third-order valence-electron chi connectivity index (χ3n) is 4.24. The number of carbonyl (C=O) groups is 1. The van der Waals surface area contributed by atoms with Gasteiger partial charge in [0.05, 0.1) is 4.90 Å². The summed E-state index contributed by atoms with van der Waals surface area (Å²) in [6.07, 6.45) is 1.31. The molecule has 23 heavy (non-hydrogen) atoms. The molecule has 1 aliphatic heterocycles. The van der Waals surface area contributed by atoms with Crippen LogP contribution in [0.5, 0.6) is 0 Å². The molecule has 2 rings (SSSR count). The van der Waals surface area contributed by atoms with Gasteiger partial charge in [0.15, 0.2) is 0 Å². The highest BCUT2D eigenvalue weighted by Gasteiger charge is 2.28. The van der Waals surface area contributed by atoms with E-state index in [1.807, 2.05) is 44.7 Å². The smallest absolute Gasteiger partial charge is 0.241 e. The number of hydrogen-bond donors (Lipinski definition) is 1.